The number of hydrazine groups is 1. The molecule has 0 fully saturated rings. The molecule has 0 spiro atoms. The summed E-state index contributed by atoms with van der Waals surface area (Å²) >= 11 is 5.01. The molecule has 0 aromatic rings. The summed E-state index contributed by atoms with van der Waals surface area (Å²) in [5.74, 6) is 5.53. The highest BCUT2D eigenvalue weighted by Gasteiger charge is 2.22. The van der Waals surface area contributed by atoms with E-state index in [1.807, 2.05) is 0 Å². The minimum absolute atomic E-state index is 0.422. The zero-order valence-electron chi connectivity index (χ0n) is 9.87. The standard InChI is InChI=1S/C10H20N2O2S/c1-5-6-7-8(15)12(11)9(13)14-10(2,3)4/h5-7,11H2,1-4H3. The Morgan fingerprint density at radius 2 is 2.00 bits per heavy atom. The average Bonchev–Trinajstić information content (AvgIpc) is 2.10. The Hall–Kier alpha value is -0.680. The molecule has 0 radical (unpaired) electrons. The third-order valence-corrected chi connectivity index (χ3v) is 2.00. The molecule has 0 unspecified atom stereocenters. The fourth-order valence-corrected chi connectivity index (χ4v) is 1.08. The molecule has 0 rings (SSSR count). The molecule has 0 heterocycles. The van der Waals surface area contributed by atoms with Crippen LogP contribution in [0.1, 0.15) is 47.0 Å². The molecule has 15 heavy (non-hydrogen) atoms. The van der Waals surface area contributed by atoms with Gasteiger partial charge in [0, 0.05) is 0 Å². The number of thiocarbonyl (C=S) groups is 1. The van der Waals surface area contributed by atoms with E-state index in [1.54, 1.807) is 20.8 Å². The highest BCUT2D eigenvalue weighted by Crippen LogP contribution is 2.10. The van der Waals surface area contributed by atoms with Crippen LogP contribution >= 0.6 is 12.2 Å². The van der Waals surface area contributed by atoms with Crippen LogP contribution < -0.4 is 5.84 Å². The molecule has 0 aliphatic heterocycles. The van der Waals surface area contributed by atoms with E-state index in [-0.39, 0.29) is 0 Å². The first-order valence-corrected chi connectivity index (χ1v) is 5.49. The summed E-state index contributed by atoms with van der Waals surface area (Å²) in [5, 5.41) is 0.913. The van der Waals surface area contributed by atoms with Crippen LogP contribution in [-0.4, -0.2) is 21.7 Å². The van der Waals surface area contributed by atoms with Gasteiger partial charge in [0.15, 0.2) is 0 Å². The monoisotopic (exact) mass is 232 g/mol. The molecular formula is C10H20N2O2S. The number of hydrogen-bond acceptors (Lipinski definition) is 4. The molecule has 5 heteroatoms. The largest absolute Gasteiger partial charge is 0.442 e. The Kier molecular flexibility index (Phi) is 5.75. The summed E-state index contributed by atoms with van der Waals surface area (Å²) in [6.07, 6.45) is 1.99. The van der Waals surface area contributed by atoms with Gasteiger partial charge >= 0.3 is 6.09 Å². The first kappa shape index (κ1) is 14.3. The van der Waals surface area contributed by atoms with E-state index in [1.165, 1.54) is 0 Å². The van der Waals surface area contributed by atoms with Gasteiger partial charge < -0.3 is 4.74 Å². The van der Waals surface area contributed by atoms with Gasteiger partial charge in [-0.2, -0.15) is 0 Å². The molecule has 1 amide bonds. The van der Waals surface area contributed by atoms with E-state index in [4.69, 9.17) is 22.8 Å². The second kappa shape index (κ2) is 6.02. The summed E-state index contributed by atoms with van der Waals surface area (Å²) in [6.45, 7) is 7.41. The first-order chi connectivity index (χ1) is 6.78. The third kappa shape index (κ3) is 6.41. The van der Waals surface area contributed by atoms with Crippen LogP contribution in [0.15, 0.2) is 0 Å². The molecule has 0 aromatic carbocycles. The van der Waals surface area contributed by atoms with Crippen LogP contribution in [0.3, 0.4) is 0 Å². The van der Waals surface area contributed by atoms with E-state index in [0.29, 0.717) is 11.4 Å². The summed E-state index contributed by atoms with van der Waals surface area (Å²) in [6, 6.07) is 0. The van der Waals surface area contributed by atoms with E-state index >= 15 is 0 Å². The average molecular weight is 232 g/mol. The van der Waals surface area contributed by atoms with Gasteiger partial charge in [-0.05, 0) is 33.6 Å². The Balaban J connectivity index is 4.14. The fraction of sp³-hybridized carbons (Fsp3) is 0.800. The van der Waals surface area contributed by atoms with Crippen LogP contribution in [0.5, 0.6) is 0 Å². The third-order valence-electron chi connectivity index (χ3n) is 1.60. The Bertz CT molecular complexity index is 236. The second-order valence-electron chi connectivity index (χ2n) is 4.35. The van der Waals surface area contributed by atoms with Crippen molar-refractivity contribution in [3.8, 4) is 0 Å². The van der Waals surface area contributed by atoms with Crippen molar-refractivity contribution in [2.24, 2.45) is 5.84 Å². The molecule has 0 saturated carbocycles. The Labute approximate surface area is 96.7 Å². The lowest BCUT2D eigenvalue weighted by Crippen LogP contribution is -2.44. The van der Waals surface area contributed by atoms with Gasteiger partial charge in [0.2, 0.25) is 0 Å². The number of ether oxygens (including phenoxy) is 1. The summed E-state index contributed by atoms with van der Waals surface area (Å²) in [4.78, 5) is 11.9. The number of unbranched alkanes of at least 4 members (excludes halogenated alkanes) is 1. The van der Waals surface area contributed by atoms with Gasteiger partial charge in [0.1, 0.15) is 10.6 Å². The smallest absolute Gasteiger partial charge is 0.429 e. The van der Waals surface area contributed by atoms with Crippen LogP contribution in [0.2, 0.25) is 0 Å². The van der Waals surface area contributed by atoms with Gasteiger partial charge in [-0.3, -0.25) is 0 Å². The Morgan fingerprint density at radius 3 is 2.40 bits per heavy atom. The minimum atomic E-state index is -0.594. The highest BCUT2D eigenvalue weighted by atomic mass is 32.1. The van der Waals surface area contributed by atoms with Gasteiger partial charge in [-0.15, -0.1) is 0 Å². The first-order valence-electron chi connectivity index (χ1n) is 5.08. The number of nitrogens with zero attached hydrogens (tertiary/aromatic N) is 1. The van der Waals surface area contributed by atoms with Gasteiger partial charge in [0.25, 0.3) is 0 Å². The fourth-order valence-electron chi connectivity index (χ4n) is 0.861. The zero-order valence-corrected chi connectivity index (χ0v) is 10.7. The van der Waals surface area contributed by atoms with Gasteiger partial charge in [0.05, 0.1) is 0 Å². The number of hydrogen-bond donors (Lipinski definition) is 1. The van der Waals surface area contributed by atoms with Gasteiger partial charge in [-0.25, -0.2) is 15.6 Å². The highest BCUT2D eigenvalue weighted by molar-refractivity contribution is 7.80. The number of carbonyl (C=O) groups excluding carboxylic acids is 1. The molecule has 2 N–H and O–H groups in total. The topological polar surface area (TPSA) is 55.6 Å². The molecule has 0 aromatic heterocycles. The van der Waals surface area contributed by atoms with Crippen LogP contribution in [-0.2, 0) is 4.74 Å². The van der Waals surface area contributed by atoms with E-state index in [2.05, 4.69) is 6.92 Å². The van der Waals surface area contributed by atoms with Crippen molar-refractivity contribution in [2.45, 2.75) is 52.6 Å². The van der Waals surface area contributed by atoms with Crippen molar-refractivity contribution in [1.82, 2.24) is 5.01 Å². The van der Waals surface area contributed by atoms with Crippen molar-refractivity contribution in [1.29, 1.82) is 0 Å². The lowest BCUT2D eigenvalue weighted by atomic mass is 10.2. The zero-order chi connectivity index (χ0) is 12.1. The molecule has 0 aliphatic carbocycles. The molecule has 88 valence electrons. The summed E-state index contributed by atoms with van der Waals surface area (Å²) in [7, 11) is 0. The van der Waals surface area contributed by atoms with Crippen molar-refractivity contribution in [2.75, 3.05) is 0 Å². The molecule has 0 atom stereocenters. The lowest BCUT2D eigenvalue weighted by molar-refractivity contribution is 0.0369. The quantitative estimate of drug-likeness (QED) is 0.352. The maximum Gasteiger partial charge on any atom is 0.429 e. The van der Waals surface area contributed by atoms with Gasteiger partial charge in [-0.1, -0.05) is 25.6 Å². The number of carbonyl (C=O) groups is 1. The van der Waals surface area contributed by atoms with Crippen molar-refractivity contribution < 1.29 is 9.53 Å². The van der Waals surface area contributed by atoms with E-state index in [9.17, 15) is 4.79 Å². The lowest BCUT2D eigenvalue weighted by Gasteiger charge is -2.24. The van der Waals surface area contributed by atoms with Crippen LogP contribution in [0, 0.1) is 0 Å². The number of rotatable bonds is 3. The maximum atomic E-state index is 11.5. The summed E-state index contributed by atoms with van der Waals surface area (Å²) < 4.78 is 5.08. The predicted molar refractivity (Wildman–Crippen MR) is 64.4 cm³/mol. The van der Waals surface area contributed by atoms with Crippen LogP contribution in [0.25, 0.3) is 0 Å². The maximum absolute atomic E-state index is 11.5. The van der Waals surface area contributed by atoms with E-state index < -0.39 is 11.7 Å². The molecule has 0 bridgehead atoms. The van der Waals surface area contributed by atoms with Crippen molar-refractivity contribution >= 4 is 23.3 Å². The molecule has 0 aliphatic rings. The summed E-state index contributed by atoms with van der Waals surface area (Å²) in [5.41, 5.74) is -0.547. The van der Waals surface area contributed by atoms with E-state index in [0.717, 1.165) is 17.9 Å². The number of amides is 1. The minimum Gasteiger partial charge on any atom is -0.442 e. The van der Waals surface area contributed by atoms with Crippen LogP contribution in [0.4, 0.5) is 4.79 Å². The SMILES string of the molecule is CCCCC(=S)N(N)C(=O)OC(C)(C)C. The molecular weight excluding hydrogens is 212 g/mol. The molecule has 0 saturated heterocycles. The van der Waals surface area contributed by atoms with Crippen molar-refractivity contribution in [3.05, 3.63) is 0 Å². The van der Waals surface area contributed by atoms with Crippen molar-refractivity contribution in [3.63, 3.8) is 0 Å². The molecule has 4 nitrogen and oxygen atoms in total. The Morgan fingerprint density at radius 1 is 1.47 bits per heavy atom. The number of nitrogens with two attached hydrogens (primary N) is 1. The predicted octanol–water partition coefficient (Wildman–Crippen LogP) is 2.61. The normalized spacial score (nSPS) is 11.0. The second-order valence-corrected chi connectivity index (χ2v) is 4.82.